The number of carbonyl (C=O) groups excluding carboxylic acids is 1. The van der Waals surface area contributed by atoms with E-state index in [2.05, 4.69) is 22.5 Å². The van der Waals surface area contributed by atoms with Gasteiger partial charge in [0, 0.05) is 32.1 Å². The Kier molecular flexibility index (Phi) is 6.75. The Morgan fingerprint density at radius 1 is 1.25 bits per heavy atom. The van der Waals surface area contributed by atoms with Gasteiger partial charge in [-0.15, -0.1) is 0 Å². The molecule has 0 saturated carbocycles. The van der Waals surface area contributed by atoms with Crippen molar-refractivity contribution in [3.05, 3.63) is 53.2 Å². The molecule has 0 radical (unpaired) electrons. The van der Waals surface area contributed by atoms with Gasteiger partial charge in [-0.1, -0.05) is 25.1 Å². The van der Waals surface area contributed by atoms with Crippen LogP contribution in [-0.2, 0) is 11.2 Å². The molecule has 1 heterocycles. The lowest BCUT2D eigenvalue weighted by Crippen LogP contribution is -2.15. The second-order valence-corrected chi connectivity index (χ2v) is 5.62. The first-order valence-corrected chi connectivity index (χ1v) is 8.24. The van der Waals surface area contributed by atoms with Crippen LogP contribution in [0.25, 0.3) is 0 Å². The molecule has 5 heteroatoms. The standard InChI is InChI=1S/C19H25N3O2/c1-4-15-8-5-7-14(2)18(15)22-19(23)16-9-10-17(21-13-16)20-11-6-12-24-3/h5,7-10,13H,4,6,11-12H2,1-3H3,(H,20,21)(H,22,23). The molecule has 0 atom stereocenters. The summed E-state index contributed by atoms with van der Waals surface area (Å²) in [7, 11) is 1.68. The lowest BCUT2D eigenvalue weighted by Gasteiger charge is -2.13. The van der Waals surface area contributed by atoms with E-state index in [9.17, 15) is 4.79 Å². The predicted octanol–water partition coefficient (Wildman–Crippen LogP) is 3.65. The quantitative estimate of drug-likeness (QED) is 0.726. The first kappa shape index (κ1) is 17.9. The van der Waals surface area contributed by atoms with Crippen molar-refractivity contribution in [1.82, 2.24) is 4.98 Å². The van der Waals surface area contributed by atoms with Gasteiger partial charge >= 0.3 is 0 Å². The van der Waals surface area contributed by atoms with Crippen LogP contribution >= 0.6 is 0 Å². The van der Waals surface area contributed by atoms with E-state index in [1.54, 1.807) is 19.4 Å². The van der Waals surface area contributed by atoms with Crippen LogP contribution in [0.5, 0.6) is 0 Å². The van der Waals surface area contributed by atoms with Gasteiger partial charge in [-0.05, 0) is 43.0 Å². The molecule has 1 amide bonds. The topological polar surface area (TPSA) is 63.2 Å². The van der Waals surface area contributed by atoms with E-state index in [1.807, 2.05) is 31.2 Å². The van der Waals surface area contributed by atoms with Crippen LogP contribution in [-0.4, -0.2) is 31.2 Å². The van der Waals surface area contributed by atoms with Gasteiger partial charge in [0.15, 0.2) is 0 Å². The van der Waals surface area contributed by atoms with Crippen LogP contribution in [0.4, 0.5) is 11.5 Å². The number of pyridine rings is 1. The lowest BCUT2D eigenvalue weighted by atomic mass is 10.1. The molecule has 0 saturated heterocycles. The fourth-order valence-electron chi connectivity index (χ4n) is 2.45. The SMILES string of the molecule is CCc1cccc(C)c1NC(=O)c1ccc(NCCCOC)nc1. The number of benzene rings is 1. The van der Waals surface area contributed by atoms with Gasteiger partial charge in [-0.3, -0.25) is 4.79 Å². The summed E-state index contributed by atoms with van der Waals surface area (Å²) in [5, 5.41) is 6.21. The summed E-state index contributed by atoms with van der Waals surface area (Å²) in [6.07, 6.45) is 3.38. The molecule has 0 aliphatic heterocycles. The number of nitrogens with one attached hydrogen (secondary N) is 2. The average molecular weight is 327 g/mol. The molecule has 1 aromatic carbocycles. The highest BCUT2D eigenvalue weighted by atomic mass is 16.5. The molecule has 0 aliphatic carbocycles. The van der Waals surface area contributed by atoms with E-state index in [0.29, 0.717) is 12.2 Å². The van der Waals surface area contributed by atoms with Crippen molar-refractivity contribution in [3.8, 4) is 0 Å². The summed E-state index contributed by atoms with van der Waals surface area (Å²) < 4.78 is 5.00. The maximum absolute atomic E-state index is 12.5. The molecule has 2 rings (SSSR count). The van der Waals surface area contributed by atoms with Gasteiger partial charge in [-0.25, -0.2) is 4.98 Å². The third-order valence-corrected chi connectivity index (χ3v) is 3.84. The second kappa shape index (κ2) is 9.03. The monoisotopic (exact) mass is 327 g/mol. The first-order chi connectivity index (χ1) is 11.7. The Balaban J connectivity index is 2.00. The number of amides is 1. The maximum atomic E-state index is 12.5. The summed E-state index contributed by atoms with van der Waals surface area (Å²) in [6.45, 7) is 5.58. The molecule has 0 bridgehead atoms. The van der Waals surface area contributed by atoms with E-state index in [-0.39, 0.29) is 5.91 Å². The molecule has 24 heavy (non-hydrogen) atoms. The summed E-state index contributed by atoms with van der Waals surface area (Å²) in [6, 6.07) is 9.65. The minimum absolute atomic E-state index is 0.141. The van der Waals surface area contributed by atoms with Gasteiger partial charge < -0.3 is 15.4 Å². The molecule has 0 aliphatic rings. The zero-order valence-corrected chi connectivity index (χ0v) is 14.6. The molecule has 2 N–H and O–H groups in total. The van der Waals surface area contributed by atoms with E-state index >= 15 is 0 Å². The summed E-state index contributed by atoms with van der Waals surface area (Å²) >= 11 is 0. The molecular weight excluding hydrogens is 302 g/mol. The van der Waals surface area contributed by atoms with Crippen molar-refractivity contribution in [1.29, 1.82) is 0 Å². The van der Waals surface area contributed by atoms with E-state index in [0.717, 1.165) is 42.0 Å². The minimum Gasteiger partial charge on any atom is -0.385 e. The van der Waals surface area contributed by atoms with Crippen LogP contribution in [0.3, 0.4) is 0 Å². The number of methoxy groups -OCH3 is 1. The number of carbonyl (C=O) groups is 1. The fraction of sp³-hybridized carbons (Fsp3) is 0.368. The van der Waals surface area contributed by atoms with Gasteiger partial charge in [0.2, 0.25) is 0 Å². The molecule has 2 aromatic rings. The number of hydrogen-bond acceptors (Lipinski definition) is 4. The third kappa shape index (κ3) is 4.80. The molecule has 0 unspecified atom stereocenters. The highest BCUT2D eigenvalue weighted by molar-refractivity contribution is 6.05. The number of nitrogens with zero attached hydrogens (tertiary/aromatic N) is 1. The molecule has 5 nitrogen and oxygen atoms in total. The third-order valence-electron chi connectivity index (χ3n) is 3.84. The molecule has 128 valence electrons. The average Bonchev–Trinajstić information content (AvgIpc) is 2.61. The number of rotatable bonds is 8. The Morgan fingerprint density at radius 2 is 2.08 bits per heavy atom. The number of ether oxygens (including phenoxy) is 1. The van der Waals surface area contributed by atoms with Crippen LogP contribution in [0, 0.1) is 6.92 Å². The second-order valence-electron chi connectivity index (χ2n) is 5.62. The summed E-state index contributed by atoms with van der Waals surface area (Å²) in [4.78, 5) is 16.7. The number of anilines is 2. The Morgan fingerprint density at radius 3 is 2.75 bits per heavy atom. The van der Waals surface area contributed by atoms with E-state index in [4.69, 9.17) is 4.74 Å². The number of hydrogen-bond donors (Lipinski definition) is 2. The van der Waals surface area contributed by atoms with Crippen molar-refractivity contribution in [3.63, 3.8) is 0 Å². The van der Waals surface area contributed by atoms with Crippen molar-refractivity contribution in [2.45, 2.75) is 26.7 Å². The number of aromatic nitrogens is 1. The highest BCUT2D eigenvalue weighted by Gasteiger charge is 2.11. The number of aryl methyl sites for hydroxylation is 2. The first-order valence-electron chi connectivity index (χ1n) is 8.24. The smallest absolute Gasteiger partial charge is 0.257 e. The molecule has 0 spiro atoms. The minimum atomic E-state index is -0.141. The van der Waals surface area contributed by atoms with Crippen LogP contribution in [0.1, 0.15) is 34.8 Å². The van der Waals surface area contributed by atoms with Crippen LogP contribution < -0.4 is 10.6 Å². The van der Waals surface area contributed by atoms with Crippen LogP contribution in [0.2, 0.25) is 0 Å². The summed E-state index contributed by atoms with van der Waals surface area (Å²) in [5.74, 6) is 0.616. The van der Waals surface area contributed by atoms with Gasteiger partial charge in [0.05, 0.1) is 5.56 Å². The van der Waals surface area contributed by atoms with Crippen molar-refractivity contribution >= 4 is 17.4 Å². The van der Waals surface area contributed by atoms with Gasteiger partial charge in [-0.2, -0.15) is 0 Å². The van der Waals surface area contributed by atoms with Gasteiger partial charge in [0.25, 0.3) is 5.91 Å². The molecule has 0 fully saturated rings. The zero-order valence-electron chi connectivity index (χ0n) is 14.6. The van der Waals surface area contributed by atoms with E-state index in [1.165, 1.54) is 0 Å². The van der Waals surface area contributed by atoms with Crippen molar-refractivity contribution in [2.75, 3.05) is 30.9 Å². The van der Waals surface area contributed by atoms with E-state index < -0.39 is 0 Å². The summed E-state index contributed by atoms with van der Waals surface area (Å²) in [5.41, 5.74) is 3.63. The van der Waals surface area contributed by atoms with Crippen LogP contribution in [0.15, 0.2) is 36.5 Å². The largest absolute Gasteiger partial charge is 0.385 e. The Hall–Kier alpha value is -2.40. The highest BCUT2D eigenvalue weighted by Crippen LogP contribution is 2.22. The fourth-order valence-corrected chi connectivity index (χ4v) is 2.45. The lowest BCUT2D eigenvalue weighted by molar-refractivity contribution is 0.102. The Labute approximate surface area is 143 Å². The molecular formula is C19H25N3O2. The number of para-hydroxylation sites is 1. The Bertz CT molecular complexity index is 669. The predicted molar refractivity (Wildman–Crippen MR) is 97.7 cm³/mol. The van der Waals surface area contributed by atoms with Crippen molar-refractivity contribution < 1.29 is 9.53 Å². The normalized spacial score (nSPS) is 10.5. The maximum Gasteiger partial charge on any atom is 0.257 e. The van der Waals surface area contributed by atoms with Crippen molar-refractivity contribution in [2.24, 2.45) is 0 Å². The van der Waals surface area contributed by atoms with Gasteiger partial charge in [0.1, 0.15) is 5.82 Å². The molecule has 1 aromatic heterocycles. The zero-order chi connectivity index (χ0) is 17.4.